The first-order valence-corrected chi connectivity index (χ1v) is 8.24. The van der Waals surface area contributed by atoms with Crippen molar-refractivity contribution in [2.24, 2.45) is 11.8 Å². The molecule has 0 nitrogen and oxygen atoms in total. The van der Waals surface area contributed by atoms with E-state index in [1.807, 2.05) is 13.8 Å². The Bertz CT molecular complexity index is 348. The molecule has 0 heteroatoms. The van der Waals surface area contributed by atoms with E-state index in [-0.39, 0.29) is 0 Å². The van der Waals surface area contributed by atoms with Crippen LogP contribution < -0.4 is 0 Å². The van der Waals surface area contributed by atoms with Crippen molar-refractivity contribution >= 4 is 0 Å². The first-order chi connectivity index (χ1) is 9.54. The SMILES string of the molecule is CC.CCC.C\C=C/C=C1\C(=C(/C=C/C)C(C)C)C1C. The Labute approximate surface area is 128 Å². The second kappa shape index (κ2) is 13.0. The molecule has 0 N–H and O–H groups in total. The molecule has 1 aliphatic carbocycles. The van der Waals surface area contributed by atoms with Crippen molar-refractivity contribution in [3.05, 3.63) is 47.1 Å². The van der Waals surface area contributed by atoms with Gasteiger partial charge in [-0.25, -0.2) is 0 Å². The monoisotopic (exact) mass is 276 g/mol. The van der Waals surface area contributed by atoms with Gasteiger partial charge in [0.25, 0.3) is 0 Å². The molecule has 1 rings (SSSR count). The fourth-order valence-corrected chi connectivity index (χ4v) is 1.98. The normalized spacial score (nSPS) is 21.7. The van der Waals surface area contributed by atoms with E-state index < -0.39 is 0 Å². The molecular formula is C20H36. The topological polar surface area (TPSA) is 0 Å². The lowest BCUT2D eigenvalue weighted by Gasteiger charge is -2.04. The molecule has 1 aliphatic rings. The van der Waals surface area contributed by atoms with Gasteiger partial charge in [-0.1, -0.05) is 85.3 Å². The fourth-order valence-electron chi connectivity index (χ4n) is 1.98. The van der Waals surface area contributed by atoms with Gasteiger partial charge in [0.1, 0.15) is 0 Å². The van der Waals surface area contributed by atoms with Crippen molar-refractivity contribution in [2.45, 2.75) is 68.7 Å². The van der Waals surface area contributed by atoms with Crippen molar-refractivity contribution in [2.75, 3.05) is 0 Å². The molecule has 0 aromatic rings. The van der Waals surface area contributed by atoms with Gasteiger partial charge in [-0.15, -0.1) is 0 Å². The third kappa shape index (κ3) is 7.53. The van der Waals surface area contributed by atoms with Crippen LogP contribution in [0.1, 0.15) is 68.7 Å². The maximum Gasteiger partial charge on any atom is 0.00698 e. The smallest absolute Gasteiger partial charge is 0.00698 e. The molecule has 1 saturated carbocycles. The molecule has 1 atom stereocenters. The molecule has 0 amide bonds. The van der Waals surface area contributed by atoms with E-state index in [1.165, 1.54) is 17.6 Å². The van der Waals surface area contributed by atoms with E-state index >= 15 is 0 Å². The standard InChI is InChI=1S/C15H22.C3H8.C2H6/c1-6-8-10-14-12(5)15(14)13(9-7-2)11(3)4;1-3-2;1-2/h6-12H,1-5H3;3H2,1-2H3;1-2H3/b8-6-,9-7+,14-10-,15-13+;;. The minimum atomic E-state index is 0.621. The molecule has 0 heterocycles. The Kier molecular flexibility index (Phi) is 13.8. The van der Waals surface area contributed by atoms with Crippen LogP contribution in [0, 0.1) is 11.8 Å². The average molecular weight is 277 g/mol. The van der Waals surface area contributed by atoms with Gasteiger partial charge in [-0.05, 0) is 36.5 Å². The Balaban J connectivity index is 0. The summed E-state index contributed by atoms with van der Waals surface area (Å²) in [5, 5.41) is 0. The van der Waals surface area contributed by atoms with E-state index in [0.717, 1.165) is 0 Å². The number of rotatable bonds is 3. The minimum absolute atomic E-state index is 0.621. The van der Waals surface area contributed by atoms with Gasteiger partial charge in [0.05, 0.1) is 0 Å². The Morgan fingerprint density at radius 2 is 1.60 bits per heavy atom. The molecule has 0 saturated heterocycles. The predicted octanol–water partition coefficient (Wildman–Crippen LogP) is 7.11. The highest BCUT2D eigenvalue weighted by Crippen LogP contribution is 2.48. The quantitative estimate of drug-likeness (QED) is 0.515. The molecule has 116 valence electrons. The first-order valence-electron chi connectivity index (χ1n) is 8.24. The van der Waals surface area contributed by atoms with Crippen LogP contribution >= 0.6 is 0 Å². The van der Waals surface area contributed by atoms with E-state index in [1.54, 1.807) is 5.57 Å². The molecule has 0 aliphatic heterocycles. The highest BCUT2D eigenvalue weighted by atomic mass is 14.4. The highest BCUT2D eigenvalue weighted by molar-refractivity contribution is 5.61. The summed E-state index contributed by atoms with van der Waals surface area (Å²) in [4.78, 5) is 0. The molecule has 20 heavy (non-hydrogen) atoms. The van der Waals surface area contributed by atoms with Gasteiger partial charge in [0, 0.05) is 5.92 Å². The van der Waals surface area contributed by atoms with Crippen molar-refractivity contribution in [3.63, 3.8) is 0 Å². The van der Waals surface area contributed by atoms with Crippen LogP contribution in [0.15, 0.2) is 47.1 Å². The lowest BCUT2D eigenvalue weighted by atomic mass is 10.0. The maximum atomic E-state index is 2.29. The number of hydrogen-bond donors (Lipinski definition) is 0. The number of allylic oxidation sites excluding steroid dienone is 8. The summed E-state index contributed by atoms with van der Waals surface area (Å²) >= 11 is 0. The van der Waals surface area contributed by atoms with E-state index in [0.29, 0.717) is 11.8 Å². The van der Waals surface area contributed by atoms with Crippen LogP contribution in [-0.4, -0.2) is 0 Å². The maximum absolute atomic E-state index is 2.29. The van der Waals surface area contributed by atoms with Gasteiger partial charge in [0.2, 0.25) is 0 Å². The Hall–Kier alpha value is -1.04. The molecule has 0 spiro atoms. The van der Waals surface area contributed by atoms with E-state index in [9.17, 15) is 0 Å². The zero-order valence-electron chi connectivity index (χ0n) is 15.2. The van der Waals surface area contributed by atoms with Gasteiger partial charge in [0.15, 0.2) is 0 Å². The van der Waals surface area contributed by atoms with Crippen molar-refractivity contribution in [1.29, 1.82) is 0 Å². The third-order valence-corrected chi connectivity index (χ3v) is 2.87. The van der Waals surface area contributed by atoms with Gasteiger partial charge >= 0.3 is 0 Å². The van der Waals surface area contributed by atoms with Crippen LogP contribution in [0.3, 0.4) is 0 Å². The molecular weight excluding hydrogens is 240 g/mol. The summed E-state index contributed by atoms with van der Waals surface area (Å²) in [6.45, 7) is 19.2. The summed E-state index contributed by atoms with van der Waals surface area (Å²) in [6.07, 6.45) is 12.1. The molecule has 1 unspecified atom stereocenters. The zero-order valence-corrected chi connectivity index (χ0v) is 15.2. The number of hydrogen-bond acceptors (Lipinski definition) is 0. The molecule has 0 radical (unpaired) electrons. The summed E-state index contributed by atoms with van der Waals surface area (Å²) in [5.41, 5.74) is 4.57. The molecule has 1 fully saturated rings. The Morgan fingerprint density at radius 3 is 1.95 bits per heavy atom. The van der Waals surface area contributed by atoms with E-state index in [2.05, 4.69) is 78.8 Å². The second-order valence-electron chi connectivity index (χ2n) is 5.10. The first kappa shape index (κ1) is 21.3. The van der Waals surface area contributed by atoms with Crippen LogP contribution in [0.4, 0.5) is 0 Å². The predicted molar refractivity (Wildman–Crippen MR) is 96.1 cm³/mol. The van der Waals surface area contributed by atoms with E-state index in [4.69, 9.17) is 0 Å². The highest BCUT2D eigenvalue weighted by Gasteiger charge is 2.34. The van der Waals surface area contributed by atoms with Crippen LogP contribution in [0.5, 0.6) is 0 Å². The lowest BCUT2D eigenvalue weighted by Crippen LogP contribution is -1.90. The lowest BCUT2D eigenvalue weighted by molar-refractivity contribution is 0.784. The average Bonchev–Trinajstić information content (AvgIpc) is 3.06. The molecule has 0 aromatic carbocycles. The van der Waals surface area contributed by atoms with Gasteiger partial charge in [-0.3, -0.25) is 0 Å². The van der Waals surface area contributed by atoms with Crippen molar-refractivity contribution < 1.29 is 0 Å². The van der Waals surface area contributed by atoms with Crippen molar-refractivity contribution in [1.82, 2.24) is 0 Å². The second-order valence-corrected chi connectivity index (χ2v) is 5.10. The van der Waals surface area contributed by atoms with Crippen LogP contribution in [-0.2, 0) is 0 Å². The zero-order chi connectivity index (χ0) is 16.1. The van der Waals surface area contributed by atoms with Crippen molar-refractivity contribution in [3.8, 4) is 0 Å². The summed E-state index contributed by atoms with van der Waals surface area (Å²) in [5.74, 6) is 1.28. The molecule has 0 bridgehead atoms. The summed E-state index contributed by atoms with van der Waals surface area (Å²) < 4.78 is 0. The van der Waals surface area contributed by atoms with Gasteiger partial charge in [-0.2, -0.15) is 0 Å². The van der Waals surface area contributed by atoms with Gasteiger partial charge < -0.3 is 0 Å². The third-order valence-electron chi connectivity index (χ3n) is 2.87. The van der Waals surface area contributed by atoms with Crippen LogP contribution in [0.2, 0.25) is 0 Å². The largest absolute Gasteiger partial charge is 0.0877 e. The van der Waals surface area contributed by atoms with Crippen LogP contribution in [0.25, 0.3) is 0 Å². The fraction of sp³-hybridized carbons (Fsp3) is 0.600. The summed E-state index contributed by atoms with van der Waals surface area (Å²) in [6, 6.07) is 0. The summed E-state index contributed by atoms with van der Waals surface area (Å²) in [7, 11) is 0. The minimum Gasteiger partial charge on any atom is -0.0877 e. The molecule has 0 aromatic heterocycles. The Morgan fingerprint density at radius 1 is 1.10 bits per heavy atom.